The highest BCUT2D eigenvalue weighted by Crippen LogP contribution is 2.33. The van der Waals surface area contributed by atoms with E-state index in [1.54, 1.807) is 17.0 Å². The van der Waals surface area contributed by atoms with Crippen LogP contribution in [0.3, 0.4) is 0 Å². The molecule has 5 nitrogen and oxygen atoms in total. The standard InChI is InChI=1S/C19H20N2O3/c22-18(14-4-1-2-5-14)20-15-8-7-13-9-10-21(16(13)12-15)19(23)17-6-3-11-24-17/h3,6-8,11-12,14H,1-2,4-5,9-10H2,(H,20,22). The van der Waals surface area contributed by atoms with Gasteiger partial charge in [0, 0.05) is 23.8 Å². The molecule has 1 aliphatic heterocycles. The van der Waals surface area contributed by atoms with E-state index < -0.39 is 0 Å². The molecule has 1 aromatic heterocycles. The van der Waals surface area contributed by atoms with Gasteiger partial charge in [0.15, 0.2) is 5.76 Å². The van der Waals surface area contributed by atoms with Gasteiger partial charge >= 0.3 is 0 Å². The van der Waals surface area contributed by atoms with Crippen LogP contribution in [0.2, 0.25) is 0 Å². The van der Waals surface area contributed by atoms with Gasteiger partial charge in [0.2, 0.25) is 5.91 Å². The molecule has 2 aliphatic rings. The van der Waals surface area contributed by atoms with E-state index in [0.717, 1.165) is 49.0 Å². The highest BCUT2D eigenvalue weighted by atomic mass is 16.3. The summed E-state index contributed by atoms with van der Waals surface area (Å²) in [6, 6.07) is 9.20. The molecule has 2 amide bonds. The monoisotopic (exact) mass is 324 g/mol. The Balaban J connectivity index is 1.54. The van der Waals surface area contributed by atoms with Crippen molar-refractivity contribution in [2.75, 3.05) is 16.8 Å². The number of anilines is 2. The first-order chi connectivity index (χ1) is 11.7. The van der Waals surface area contributed by atoms with Crippen LogP contribution < -0.4 is 10.2 Å². The third kappa shape index (κ3) is 2.70. The van der Waals surface area contributed by atoms with E-state index in [-0.39, 0.29) is 17.7 Å². The van der Waals surface area contributed by atoms with Crippen LogP contribution >= 0.6 is 0 Å². The van der Waals surface area contributed by atoms with Crippen LogP contribution in [0.1, 0.15) is 41.8 Å². The number of hydrogen-bond donors (Lipinski definition) is 1. The number of nitrogens with zero attached hydrogens (tertiary/aromatic N) is 1. The lowest BCUT2D eigenvalue weighted by atomic mass is 10.1. The van der Waals surface area contributed by atoms with E-state index in [0.29, 0.717) is 12.3 Å². The Labute approximate surface area is 140 Å². The van der Waals surface area contributed by atoms with Crippen LogP contribution in [-0.4, -0.2) is 18.4 Å². The van der Waals surface area contributed by atoms with Crippen molar-refractivity contribution in [1.29, 1.82) is 0 Å². The summed E-state index contributed by atoms with van der Waals surface area (Å²) in [5.41, 5.74) is 2.74. The normalized spacial score (nSPS) is 17.1. The van der Waals surface area contributed by atoms with Gasteiger partial charge in [-0.2, -0.15) is 0 Å². The fourth-order valence-corrected chi connectivity index (χ4v) is 3.63. The zero-order valence-electron chi connectivity index (χ0n) is 13.5. The molecule has 1 aliphatic carbocycles. The van der Waals surface area contributed by atoms with E-state index in [1.807, 2.05) is 18.2 Å². The van der Waals surface area contributed by atoms with Crippen molar-refractivity contribution in [3.63, 3.8) is 0 Å². The number of rotatable bonds is 3. The van der Waals surface area contributed by atoms with Crippen LogP contribution in [-0.2, 0) is 11.2 Å². The van der Waals surface area contributed by atoms with Crippen molar-refractivity contribution in [2.45, 2.75) is 32.1 Å². The number of carbonyl (C=O) groups is 2. The topological polar surface area (TPSA) is 62.6 Å². The summed E-state index contributed by atoms with van der Waals surface area (Å²) >= 11 is 0. The smallest absolute Gasteiger partial charge is 0.293 e. The van der Waals surface area contributed by atoms with E-state index >= 15 is 0 Å². The van der Waals surface area contributed by atoms with Gasteiger partial charge in [-0.25, -0.2) is 0 Å². The summed E-state index contributed by atoms with van der Waals surface area (Å²) in [6.45, 7) is 0.634. The molecule has 1 N–H and O–H groups in total. The second kappa shape index (κ2) is 6.15. The predicted octanol–water partition coefficient (Wildman–Crippen LogP) is 3.61. The Kier molecular flexibility index (Phi) is 3.84. The predicted molar refractivity (Wildman–Crippen MR) is 91.1 cm³/mol. The zero-order valence-corrected chi connectivity index (χ0v) is 13.5. The Hall–Kier alpha value is -2.56. The molecular weight excluding hydrogens is 304 g/mol. The molecule has 0 bridgehead atoms. The van der Waals surface area contributed by atoms with Gasteiger partial charge in [-0.05, 0) is 49.1 Å². The van der Waals surface area contributed by atoms with E-state index in [2.05, 4.69) is 5.32 Å². The minimum Gasteiger partial charge on any atom is -0.459 e. The number of hydrogen-bond acceptors (Lipinski definition) is 3. The lowest BCUT2D eigenvalue weighted by Crippen LogP contribution is -2.28. The molecule has 0 unspecified atom stereocenters. The summed E-state index contributed by atoms with van der Waals surface area (Å²) in [5.74, 6) is 0.412. The fraction of sp³-hybridized carbons (Fsp3) is 0.368. The third-order valence-corrected chi connectivity index (χ3v) is 4.95. The lowest BCUT2D eigenvalue weighted by molar-refractivity contribution is -0.119. The van der Waals surface area contributed by atoms with Gasteiger partial charge in [0.1, 0.15) is 0 Å². The number of nitrogens with one attached hydrogen (secondary N) is 1. The maximum absolute atomic E-state index is 12.6. The number of benzene rings is 1. The van der Waals surface area contributed by atoms with Gasteiger partial charge < -0.3 is 14.6 Å². The first-order valence-corrected chi connectivity index (χ1v) is 8.51. The first kappa shape index (κ1) is 15.0. The number of fused-ring (bicyclic) bond motifs is 1. The number of furan rings is 1. The summed E-state index contributed by atoms with van der Waals surface area (Å²) < 4.78 is 5.22. The largest absolute Gasteiger partial charge is 0.459 e. The van der Waals surface area contributed by atoms with Crippen molar-refractivity contribution in [2.24, 2.45) is 5.92 Å². The van der Waals surface area contributed by atoms with Crippen LogP contribution in [0, 0.1) is 5.92 Å². The first-order valence-electron chi connectivity index (χ1n) is 8.51. The van der Waals surface area contributed by atoms with E-state index in [1.165, 1.54) is 6.26 Å². The Morgan fingerprint density at radius 3 is 2.75 bits per heavy atom. The van der Waals surface area contributed by atoms with Crippen molar-refractivity contribution in [3.8, 4) is 0 Å². The highest BCUT2D eigenvalue weighted by Gasteiger charge is 2.28. The van der Waals surface area contributed by atoms with Crippen molar-refractivity contribution >= 4 is 23.2 Å². The molecule has 24 heavy (non-hydrogen) atoms. The van der Waals surface area contributed by atoms with Crippen molar-refractivity contribution in [3.05, 3.63) is 47.9 Å². The molecular formula is C19H20N2O3. The van der Waals surface area contributed by atoms with Gasteiger partial charge in [-0.15, -0.1) is 0 Å². The SMILES string of the molecule is O=C(Nc1ccc2c(c1)N(C(=O)c1ccco1)CC2)C1CCCC1. The maximum atomic E-state index is 12.6. The van der Waals surface area contributed by atoms with E-state index in [4.69, 9.17) is 4.42 Å². The van der Waals surface area contributed by atoms with Gasteiger partial charge in [0.25, 0.3) is 5.91 Å². The summed E-state index contributed by atoms with van der Waals surface area (Å²) in [7, 11) is 0. The van der Waals surface area contributed by atoms with Crippen LogP contribution in [0.5, 0.6) is 0 Å². The quantitative estimate of drug-likeness (QED) is 0.938. The summed E-state index contributed by atoms with van der Waals surface area (Å²) in [5, 5.41) is 3.01. The second-order valence-corrected chi connectivity index (χ2v) is 6.50. The molecule has 1 aromatic carbocycles. The molecule has 4 rings (SSSR count). The molecule has 124 valence electrons. The van der Waals surface area contributed by atoms with Crippen LogP contribution in [0.4, 0.5) is 11.4 Å². The van der Waals surface area contributed by atoms with Gasteiger partial charge in [-0.1, -0.05) is 18.9 Å². The molecule has 1 saturated carbocycles. The molecule has 0 radical (unpaired) electrons. The average molecular weight is 324 g/mol. The summed E-state index contributed by atoms with van der Waals surface area (Å²) in [6.07, 6.45) is 6.53. The third-order valence-electron chi connectivity index (χ3n) is 4.95. The lowest BCUT2D eigenvalue weighted by Gasteiger charge is -2.17. The maximum Gasteiger partial charge on any atom is 0.293 e. The summed E-state index contributed by atoms with van der Waals surface area (Å²) in [4.78, 5) is 26.6. The molecule has 0 atom stereocenters. The molecule has 5 heteroatoms. The molecule has 0 saturated heterocycles. The Morgan fingerprint density at radius 1 is 1.17 bits per heavy atom. The van der Waals surface area contributed by atoms with Gasteiger partial charge in [0.05, 0.1) is 6.26 Å². The average Bonchev–Trinajstić information content (AvgIpc) is 3.33. The Bertz CT molecular complexity index is 761. The number of amides is 2. The van der Waals surface area contributed by atoms with Crippen LogP contribution in [0.15, 0.2) is 41.0 Å². The fourth-order valence-electron chi connectivity index (χ4n) is 3.63. The second-order valence-electron chi connectivity index (χ2n) is 6.50. The van der Waals surface area contributed by atoms with Crippen molar-refractivity contribution in [1.82, 2.24) is 0 Å². The van der Waals surface area contributed by atoms with Crippen LogP contribution in [0.25, 0.3) is 0 Å². The minimum absolute atomic E-state index is 0.0920. The van der Waals surface area contributed by atoms with Gasteiger partial charge in [-0.3, -0.25) is 9.59 Å². The van der Waals surface area contributed by atoms with Crippen molar-refractivity contribution < 1.29 is 14.0 Å². The molecule has 1 fully saturated rings. The molecule has 2 aromatic rings. The highest BCUT2D eigenvalue weighted by molar-refractivity contribution is 6.06. The zero-order chi connectivity index (χ0) is 16.5. The van der Waals surface area contributed by atoms with E-state index in [9.17, 15) is 9.59 Å². The minimum atomic E-state index is -0.141. The number of carbonyl (C=O) groups excluding carboxylic acids is 2. The Morgan fingerprint density at radius 2 is 2.00 bits per heavy atom. The molecule has 0 spiro atoms. The molecule has 2 heterocycles.